The number of aliphatic hydroxyl groups is 16. The third-order valence-electron chi connectivity index (χ3n) is 10.3. The van der Waals surface area contributed by atoms with Gasteiger partial charge in [-0.25, -0.2) is 0 Å². The molecule has 0 aromatic heterocycles. The molecule has 5 aliphatic rings. The minimum Gasteiger partial charge on any atom is -0.394 e. The van der Waals surface area contributed by atoms with Gasteiger partial charge in [0.15, 0.2) is 31.5 Å². The molecule has 0 saturated carbocycles. The second kappa shape index (κ2) is 18.9. The van der Waals surface area contributed by atoms with Crippen molar-refractivity contribution in [1.29, 1.82) is 0 Å². The molecule has 5 rings (SSSR count). The Kier molecular flexibility index (Phi) is 15.5. The molecule has 0 aromatic carbocycles. The van der Waals surface area contributed by atoms with Crippen LogP contribution in [0.25, 0.3) is 0 Å². The van der Waals surface area contributed by atoms with Crippen molar-refractivity contribution in [2.24, 2.45) is 0 Å². The second-order valence-corrected chi connectivity index (χ2v) is 13.9. The van der Waals surface area contributed by atoms with E-state index in [2.05, 4.69) is 0 Å². The van der Waals surface area contributed by atoms with Crippen molar-refractivity contribution in [2.45, 2.75) is 160 Å². The number of ether oxygens (including phenoxy) is 9. The van der Waals surface area contributed by atoms with Crippen molar-refractivity contribution in [3.05, 3.63) is 0 Å². The maximum atomic E-state index is 11.5. The van der Waals surface area contributed by atoms with E-state index >= 15 is 0 Å². The summed E-state index contributed by atoms with van der Waals surface area (Å²) in [6.07, 6.45) is -46.6. The fourth-order valence-corrected chi connectivity index (χ4v) is 6.95. The van der Waals surface area contributed by atoms with Gasteiger partial charge in [0.1, 0.15) is 116 Å². The van der Waals surface area contributed by atoms with Gasteiger partial charge < -0.3 is 124 Å². The molecule has 16 N–H and O–H groups in total. The van der Waals surface area contributed by atoms with E-state index in [0.717, 1.165) is 0 Å². The maximum absolute atomic E-state index is 11.5. The molecule has 0 amide bonds. The molecule has 0 aromatic rings. The quantitative estimate of drug-likeness (QED) is 0.0870. The standard InChI is InChI=1S/C30H52O25/c1-6-22(18(42)19(43)26(46)47-6)52-30-25(55-28-21(45)16(40)12(36)8(3-32)49-28)23(14(38)10(5-34)51-30)53-29-24(17(41)13(37)9(4-33)50-29)54-27-20(44)15(39)11(35)7(2-31)48-27/h6-46H,2-5H2,1H3/t6-,7+,8+,9+,10+,11+,12+,13+,14-,15-,16-,17-,18-,19+,20-,21+,22-,23-,24-,25+,26-,27+,28+,29+,30-/m0/s1. The van der Waals surface area contributed by atoms with E-state index in [-0.39, 0.29) is 0 Å². The van der Waals surface area contributed by atoms with Crippen LogP contribution in [0.4, 0.5) is 0 Å². The van der Waals surface area contributed by atoms with Gasteiger partial charge in [0, 0.05) is 0 Å². The summed E-state index contributed by atoms with van der Waals surface area (Å²) < 4.78 is 51.1. The van der Waals surface area contributed by atoms with Crippen molar-refractivity contribution in [2.75, 3.05) is 26.4 Å². The monoisotopic (exact) mass is 812 g/mol. The highest BCUT2D eigenvalue weighted by Crippen LogP contribution is 2.37. The van der Waals surface area contributed by atoms with Crippen molar-refractivity contribution in [3.8, 4) is 0 Å². The average Bonchev–Trinajstić information content (AvgIpc) is 3.17. The van der Waals surface area contributed by atoms with Crippen LogP contribution in [0.5, 0.6) is 0 Å². The highest BCUT2D eigenvalue weighted by atomic mass is 16.8. The lowest BCUT2D eigenvalue weighted by Crippen LogP contribution is -2.69. The molecule has 0 unspecified atom stereocenters. The van der Waals surface area contributed by atoms with E-state index in [0.29, 0.717) is 0 Å². The molecule has 5 fully saturated rings. The van der Waals surface area contributed by atoms with Gasteiger partial charge in [0.05, 0.1) is 32.5 Å². The van der Waals surface area contributed by atoms with Gasteiger partial charge in [0.25, 0.3) is 0 Å². The summed E-state index contributed by atoms with van der Waals surface area (Å²) >= 11 is 0. The van der Waals surface area contributed by atoms with E-state index in [1.807, 2.05) is 0 Å². The van der Waals surface area contributed by atoms with Gasteiger partial charge >= 0.3 is 0 Å². The highest BCUT2D eigenvalue weighted by molar-refractivity contribution is 4.99. The molecule has 25 nitrogen and oxygen atoms in total. The van der Waals surface area contributed by atoms with Gasteiger partial charge in [-0.15, -0.1) is 0 Å². The molecule has 0 radical (unpaired) electrons. The molecule has 5 heterocycles. The highest BCUT2D eigenvalue weighted by Gasteiger charge is 2.57. The Morgan fingerprint density at radius 1 is 0.327 bits per heavy atom. The smallest absolute Gasteiger partial charge is 0.187 e. The topological polar surface area (TPSA) is 407 Å². The molecule has 0 spiro atoms. The average molecular weight is 813 g/mol. The predicted octanol–water partition coefficient (Wildman–Crippen LogP) is -10.9. The van der Waals surface area contributed by atoms with Crippen molar-refractivity contribution >= 4 is 0 Å². The first-order chi connectivity index (χ1) is 26.0. The van der Waals surface area contributed by atoms with E-state index in [1.165, 1.54) is 6.92 Å². The Labute approximate surface area is 311 Å². The summed E-state index contributed by atoms with van der Waals surface area (Å²) in [6.45, 7) is -2.40. The normalized spacial score (nSPS) is 53.9. The molecule has 0 bridgehead atoms. The Bertz CT molecular complexity index is 1190. The van der Waals surface area contributed by atoms with Gasteiger partial charge in [-0.2, -0.15) is 0 Å². The van der Waals surface area contributed by atoms with E-state index in [4.69, 9.17) is 42.6 Å². The second-order valence-electron chi connectivity index (χ2n) is 13.9. The predicted molar refractivity (Wildman–Crippen MR) is 165 cm³/mol. The van der Waals surface area contributed by atoms with Crippen molar-refractivity contribution in [3.63, 3.8) is 0 Å². The van der Waals surface area contributed by atoms with Gasteiger partial charge in [-0.3, -0.25) is 0 Å². The third kappa shape index (κ3) is 9.11. The molecule has 322 valence electrons. The molecule has 25 atom stereocenters. The zero-order valence-corrected chi connectivity index (χ0v) is 29.1. The summed E-state index contributed by atoms with van der Waals surface area (Å²) in [5.74, 6) is 0. The van der Waals surface area contributed by atoms with Crippen LogP contribution >= 0.6 is 0 Å². The Morgan fingerprint density at radius 3 is 1.15 bits per heavy atom. The van der Waals surface area contributed by atoms with E-state index in [9.17, 15) is 81.7 Å². The molecule has 5 saturated heterocycles. The summed E-state index contributed by atoms with van der Waals surface area (Å²) in [5, 5.41) is 167. The fraction of sp³-hybridized carbons (Fsp3) is 1.00. The third-order valence-corrected chi connectivity index (χ3v) is 10.3. The number of hydrogen-bond acceptors (Lipinski definition) is 25. The minimum absolute atomic E-state index is 0.881. The lowest BCUT2D eigenvalue weighted by atomic mass is 9.95. The first kappa shape index (κ1) is 45.1. The maximum Gasteiger partial charge on any atom is 0.187 e. The largest absolute Gasteiger partial charge is 0.394 e. The Balaban J connectivity index is 1.52. The van der Waals surface area contributed by atoms with Crippen LogP contribution < -0.4 is 0 Å². The van der Waals surface area contributed by atoms with Crippen LogP contribution in [-0.4, -0.2) is 262 Å². The fourth-order valence-electron chi connectivity index (χ4n) is 6.95. The molecule has 5 aliphatic heterocycles. The van der Waals surface area contributed by atoms with Crippen molar-refractivity contribution < 1.29 is 124 Å². The van der Waals surface area contributed by atoms with Gasteiger partial charge in [-0.05, 0) is 6.92 Å². The molecule has 25 heteroatoms. The van der Waals surface area contributed by atoms with Crippen LogP contribution in [0.3, 0.4) is 0 Å². The van der Waals surface area contributed by atoms with Gasteiger partial charge in [-0.1, -0.05) is 0 Å². The van der Waals surface area contributed by atoms with Crippen LogP contribution in [0, 0.1) is 0 Å². The van der Waals surface area contributed by atoms with Gasteiger partial charge in [0.2, 0.25) is 0 Å². The van der Waals surface area contributed by atoms with Crippen LogP contribution in [-0.2, 0) is 42.6 Å². The number of aliphatic hydroxyl groups excluding tert-OH is 16. The zero-order chi connectivity index (χ0) is 40.6. The summed E-state index contributed by atoms with van der Waals surface area (Å²) in [6, 6.07) is 0. The Hall–Kier alpha value is -1.00. The van der Waals surface area contributed by atoms with Crippen molar-refractivity contribution in [1.82, 2.24) is 0 Å². The zero-order valence-electron chi connectivity index (χ0n) is 29.1. The van der Waals surface area contributed by atoms with Crippen LogP contribution in [0.2, 0.25) is 0 Å². The molecular formula is C30H52O25. The summed E-state index contributed by atoms with van der Waals surface area (Å²) in [7, 11) is 0. The van der Waals surface area contributed by atoms with E-state index in [1.54, 1.807) is 0 Å². The van der Waals surface area contributed by atoms with E-state index < -0.39 is 180 Å². The lowest BCUT2D eigenvalue weighted by molar-refractivity contribution is -0.412. The molecular weight excluding hydrogens is 760 g/mol. The summed E-state index contributed by atoms with van der Waals surface area (Å²) in [5.41, 5.74) is 0. The lowest BCUT2D eigenvalue weighted by Gasteiger charge is -2.51. The first-order valence-electron chi connectivity index (χ1n) is 17.5. The molecule has 0 aliphatic carbocycles. The van der Waals surface area contributed by atoms with Crippen LogP contribution in [0.15, 0.2) is 0 Å². The van der Waals surface area contributed by atoms with Crippen LogP contribution in [0.1, 0.15) is 6.92 Å². The number of hydrogen-bond donors (Lipinski definition) is 16. The SMILES string of the molecule is C[C@@H]1O[C@H](O)[C@H](O)[C@H](O)[C@H]1O[C@@H]1O[C@H](CO)[C@H](O)[C@H](O[C@H]2O[C@H](CO)[C@@H](O)[C@H](O)[C@@H]2O[C@H]2O[C@H](CO)[C@@H](O)[C@H](O)[C@@H]2O)[C@H]1O[C@H]1O[C@H](CO)[C@@H](O)[C@H](O)[C@H]1O. The minimum atomic E-state index is -2.09. The summed E-state index contributed by atoms with van der Waals surface area (Å²) in [4.78, 5) is 0. The number of rotatable bonds is 12. The first-order valence-corrected chi connectivity index (χ1v) is 17.5. The molecule has 55 heavy (non-hydrogen) atoms. The Morgan fingerprint density at radius 2 is 0.673 bits per heavy atom.